The quantitative estimate of drug-likeness (QED) is 0.862. The molecule has 2 N–H and O–H groups in total. The van der Waals surface area contributed by atoms with Crippen molar-refractivity contribution in [2.75, 3.05) is 5.73 Å². The fourth-order valence-corrected chi connectivity index (χ4v) is 2.55. The first-order chi connectivity index (χ1) is 8.58. The first-order valence-corrected chi connectivity index (χ1v) is 6.96. The lowest BCUT2D eigenvalue weighted by atomic mass is 10.2. The van der Waals surface area contributed by atoms with Crippen LogP contribution < -0.4 is 5.73 Å². The van der Waals surface area contributed by atoms with E-state index in [1.165, 1.54) is 5.41 Å². The minimum Gasteiger partial charge on any atom is -0.399 e. The van der Waals surface area contributed by atoms with E-state index in [-0.39, 0.29) is 4.90 Å². The molecule has 0 amide bonds. The molecule has 0 unspecified atom stereocenters. The normalized spacial score (nSPS) is 11.8. The van der Waals surface area contributed by atoms with Crippen molar-refractivity contribution in [2.45, 2.75) is 4.90 Å². The summed E-state index contributed by atoms with van der Waals surface area (Å²) in [5, 5.41) is 1.19. The van der Waals surface area contributed by atoms with Gasteiger partial charge < -0.3 is 5.73 Å². The molecule has 0 saturated heterocycles. The van der Waals surface area contributed by atoms with Gasteiger partial charge in [0.1, 0.15) is 0 Å². The molecule has 18 heavy (non-hydrogen) atoms. The molecular weight excluding hydrogens is 246 g/mol. The molecule has 2 rings (SSSR count). The third kappa shape index (κ3) is 2.99. The van der Waals surface area contributed by atoms with Crippen LogP contribution in [0.5, 0.6) is 0 Å². The van der Waals surface area contributed by atoms with E-state index in [1.54, 1.807) is 60.7 Å². The Morgan fingerprint density at radius 1 is 0.944 bits per heavy atom. The van der Waals surface area contributed by atoms with Gasteiger partial charge in [-0.05, 0) is 35.9 Å². The van der Waals surface area contributed by atoms with Gasteiger partial charge in [-0.15, -0.1) is 0 Å². The monoisotopic (exact) mass is 259 g/mol. The van der Waals surface area contributed by atoms with Crippen LogP contribution in [-0.4, -0.2) is 8.42 Å². The molecular formula is C14H13NO2S. The van der Waals surface area contributed by atoms with E-state index in [1.807, 2.05) is 0 Å². The van der Waals surface area contributed by atoms with Gasteiger partial charge in [0.05, 0.1) is 4.90 Å². The second kappa shape index (κ2) is 5.06. The predicted molar refractivity (Wildman–Crippen MR) is 73.5 cm³/mol. The zero-order valence-electron chi connectivity index (χ0n) is 9.65. The summed E-state index contributed by atoms with van der Waals surface area (Å²) in [4.78, 5) is 0.283. The Balaban J connectivity index is 2.29. The Hall–Kier alpha value is -2.07. The van der Waals surface area contributed by atoms with E-state index in [2.05, 4.69) is 0 Å². The van der Waals surface area contributed by atoms with Crippen molar-refractivity contribution in [1.29, 1.82) is 0 Å². The summed E-state index contributed by atoms with van der Waals surface area (Å²) in [5.74, 6) is 0. The van der Waals surface area contributed by atoms with E-state index in [0.29, 0.717) is 5.69 Å². The molecule has 4 heteroatoms. The third-order valence-corrected chi connectivity index (χ3v) is 3.85. The lowest BCUT2D eigenvalue weighted by molar-refractivity contribution is 0.605. The summed E-state index contributed by atoms with van der Waals surface area (Å²) in [7, 11) is -3.39. The number of anilines is 1. The van der Waals surface area contributed by atoms with Gasteiger partial charge in [0, 0.05) is 11.1 Å². The average Bonchev–Trinajstić information content (AvgIpc) is 2.38. The fourth-order valence-electron chi connectivity index (χ4n) is 1.52. The van der Waals surface area contributed by atoms with Crippen LogP contribution in [0.3, 0.4) is 0 Å². The molecule has 0 aromatic heterocycles. The molecule has 0 aliphatic heterocycles. The Kier molecular flexibility index (Phi) is 3.48. The van der Waals surface area contributed by atoms with Crippen molar-refractivity contribution in [3.8, 4) is 0 Å². The topological polar surface area (TPSA) is 60.2 Å². The van der Waals surface area contributed by atoms with E-state index in [4.69, 9.17) is 5.73 Å². The highest BCUT2D eigenvalue weighted by Gasteiger charge is 2.08. The van der Waals surface area contributed by atoms with Gasteiger partial charge in [0.2, 0.25) is 0 Å². The number of sulfone groups is 1. The van der Waals surface area contributed by atoms with Crippen molar-refractivity contribution in [1.82, 2.24) is 0 Å². The molecule has 2 aromatic rings. The summed E-state index contributed by atoms with van der Waals surface area (Å²) in [6.07, 6.45) is 1.54. The number of benzene rings is 2. The van der Waals surface area contributed by atoms with Gasteiger partial charge in [-0.2, -0.15) is 0 Å². The van der Waals surface area contributed by atoms with Crippen LogP contribution in [0.1, 0.15) is 5.56 Å². The van der Waals surface area contributed by atoms with Crippen molar-refractivity contribution >= 4 is 21.6 Å². The highest BCUT2D eigenvalue weighted by molar-refractivity contribution is 7.94. The smallest absolute Gasteiger partial charge is 0.199 e. The zero-order chi connectivity index (χ0) is 13.0. The molecule has 2 aromatic carbocycles. The highest BCUT2D eigenvalue weighted by atomic mass is 32.2. The highest BCUT2D eigenvalue weighted by Crippen LogP contribution is 2.14. The standard InChI is InChI=1S/C14H13NO2S/c15-13-6-4-5-12(11-13)9-10-18(16,17)14-7-2-1-3-8-14/h1-11H,15H2/b10-9+. The van der Waals surface area contributed by atoms with Crippen molar-refractivity contribution in [3.05, 3.63) is 65.6 Å². The number of hydrogen-bond acceptors (Lipinski definition) is 3. The summed E-state index contributed by atoms with van der Waals surface area (Å²) in [6, 6.07) is 15.4. The maximum Gasteiger partial charge on any atom is 0.199 e. The Morgan fingerprint density at radius 2 is 1.67 bits per heavy atom. The van der Waals surface area contributed by atoms with Gasteiger partial charge in [-0.1, -0.05) is 30.3 Å². The molecule has 0 aliphatic rings. The van der Waals surface area contributed by atoms with E-state index in [0.717, 1.165) is 5.56 Å². The molecule has 3 nitrogen and oxygen atoms in total. The summed E-state index contributed by atoms with van der Waals surface area (Å²) in [6.45, 7) is 0. The maximum absolute atomic E-state index is 12.0. The first-order valence-electron chi connectivity index (χ1n) is 5.42. The average molecular weight is 259 g/mol. The Labute approximate surface area is 106 Å². The van der Waals surface area contributed by atoms with Crippen molar-refractivity contribution in [2.24, 2.45) is 0 Å². The van der Waals surface area contributed by atoms with Crippen LogP contribution in [-0.2, 0) is 9.84 Å². The lowest BCUT2D eigenvalue weighted by Gasteiger charge is -1.99. The van der Waals surface area contributed by atoms with Gasteiger partial charge in [0.25, 0.3) is 0 Å². The summed E-state index contributed by atoms with van der Waals surface area (Å²) in [5.41, 5.74) is 6.99. The molecule has 0 radical (unpaired) electrons. The van der Waals surface area contributed by atoms with E-state index < -0.39 is 9.84 Å². The van der Waals surface area contributed by atoms with Crippen LogP contribution in [0.4, 0.5) is 5.69 Å². The zero-order valence-corrected chi connectivity index (χ0v) is 10.5. The SMILES string of the molecule is Nc1cccc(/C=C/S(=O)(=O)c2ccccc2)c1. The second-order valence-corrected chi connectivity index (χ2v) is 5.66. The van der Waals surface area contributed by atoms with Crippen LogP contribution in [0, 0.1) is 0 Å². The van der Waals surface area contributed by atoms with Crippen LogP contribution >= 0.6 is 0 Å². The second-order valence-electron chi connectivity index (χ2n) is 3.83. The summed E-state index contributed by atoms with van der Waals surface area (Å²) >= 11 is 0. The van der Waals surface area contributed by atoms with Gasteiger partial charge >= 0.3 is 0 Å². The molecule has 0 saturated carbocycles. The molecule has 92 valence electrons. The fraction of sp³-hybridized carbons (Fsp3) is 0. The molecule has 0 bridgehead atoms. The lowest BCUT2D eigenvalue weighted by Crippen LogP contribution is -1.95. The van der Waals surface area contributed by atoms with Crippen molar-refractivity contribution in [3.63, 3.8) is 0 Å². The Morgan fingerprint density at radius 3 is 2.33 bits per heavy atom. The van der Waals surface area contributed by atoms with Gasteiger partial charge in [-0.25, -0.2) is 8.42 Å². The third-order valence-electron chi connectivity index (χ3n) is 2.42. The van der Waals surface area contributed by atoms with Gasteiger partial charge in [0.15, 0.2) is 9.84 Å². The van der Waals surface area contributed by atoms with Gasteiger partial charge in [-0.3, -0.25) is 0 Å². The van der Waals surface area contributed by atoms with Crippen molar-refractivity contribution < 1.29 is 8.42 Å². The van der Waals surface area contributed by atoms with Crippen LogP contribution in [0.25, 0.3) is 6.08 Å². The molecule has 0 aliphatic carbocycles. The Bertz CT molecular complexity index is 661. The largest absolute Gasteiger partial charge is 0.399 e. The maximum atomic E-state index is 12.0. The number of hydrogen-bond donors (Lipinski definition) is 1. The molecule has 0 atom stereocenters. The van der Waals surface area contributed by atoms with Crippen LogP contribution in [0.2, 0.25) is 0 Å². The predicted octanol–water partition coefficient (Wildman–Crippen LogP) is 2.71. The first kappa shape index (κ1) is 12.4. The molecule has 0 fully saturated rings. The molecule has 0 heterocycles. The molecule has 0 spiro atoms. The number of rotatable bonds is 3. The van der Waals surface area contributed by atoms with E-state index in [9.17, 15) is 8.42 Å². The minimum atomic E-state index is -3.39. The summed E-state index contributed by atoms with van der Waals surface area (Å²) < 4.78 is 23.9. The van der Waals surface area contributed by atoms with Crippen LogP contribution in [0.15, 0.2) is 64.9 Å². The minimum absolute atomic E-state index is 0.283. The van der Waals surface area contributed by atoms with E-state index >= 15 is 0 Å². The number of nitrogen functional groups attached to an aromatic ring is 1. The number of nitrogens with two attached hydrogens (primary N) is 1.